The topological polar surface area (TPSA) is 128 Å². The molecule has 1 saturated heterocycles. The largest absolute Gasteiger partial charge is 0.394 e. The minimum atomic E-state index is -1.26. The Balaban J connectivity index is 2.08. The fourth-order valence-electron chi connectivity index (χ4n) is 2.77. The van der Waals surface area contributed by atoms with Gasteiger partial charge in [0.15, 0.2) is 11.4 Å². The summed E-state index contributed by atoms with van der Waals surface area (Å²) in [5.41, 5.74) is -0.875. The first kappa shape index (κ1) is 22.7. The second-order valence-corrected chi connectivity index (χ2v) is 8.35. The van der Waals surface area contributed by atoms with E-state index in [1.807, 2.05) is 36.4 Å². The van der Waals surface area contributed by atoms with Crippen LogP contribution in [0.3, 0.4) is 0 Å². The number of rotatable bonds is 10. The number of Topliss-reactive ketones (excluding diaryl/α,β-unsaturated/α-hetero) is 1. The van der Waals surface area contributed by atoms with Crippen molar-refractivity contribution in [3.63, 3.8) is 0 Å². The Hall–Kier alpha value is -1.56. The smallest absolute Gasteiger partial charge is 0.253 e. The van der Waals surface area contributed by atoms with Crippen molar-refractivity contribution in [2.45, 2.75) is 38.0 Å². The fourth-order valence-corrected chi connectivity index (χ4v) is 3.40. The number of benzene rings is 1. The van der Waals surface area contributed by atoms with Crippen molar-refractivity contribution in [3.05, 3.63) is 33.4 Å². The molecule has 1 aromatic rings. The van der Waals surface area contributed by atoms with Gasteiger partial charge >= 0.3 is 0 Å². The van der Waals surface area contributed by atoms with E-state index in [4.69, 9.17) is 4.74 Å². The lowest BCUT2D eigenvalue weighted by Gasteiger charge is -2.24. The second-order valence-electron chi connectivity index (χ2n) is 7.18. The van der Waals surface area contributed by atoms with Crippen LogP contribution in [0.1, 0.15) is 30.6 Å². The van der Waals surface area contributed by atoms with Crippen molar-refractivity contribution >= 4 is 40.2 Å². The van der Waals surface area contributed by atoms with Gasteiger partial charge in [0.2, 0.25) is 5.91 Å². The molecule has 0 saturated carbocycles. The van der Waals surface area contributed by atoms with Crippen molar-refractivity contribution < 1.29 is 29.3 Å². The second kappa shape index (κ2) is 9.77. The van der Waals surface area contributed by atoms with E-state index in [-0.39, 0.29) is 12.5 Å². The molecule has 1 aromatic carbocycles. The van der Waals surface area contributed by atoms with Crippen LogP contribution in [0.2, 0.25) is 0 Å². The molecular weight excluding hydrogens is 479 g/mol. The molecule has 4 N–H and O–H groups in total. The quantitative estimate of drug-likeness (QED) is 0.267. The third kappa shape index (κ3) is 5.49. The molecule has 3 atom stereocenters. The molecule has 1 heterocycles. The predicted octanol–water partition coefficient (Wildman–Crippen LogP) is 0.243. The molecule has 2 rings (SSSR count). The van der Waals surface area contributed by atoms with Gasteiger partial charge < -0.3 is 25.6 Å². The molecule has 2 amide bonds. The van der Waals surface area contributed by atoms with Crippen molar-refractivity contribution in [3.8, 4) is 0 Å². The van der Waals surface area contributed by atoms with Crippen molar-refractivity contribution in [1.82, 2.24) is 10.6 Å². The minimum Gasteiger partial charge on any atom is -0.394 e. The van der Waals surface area contributed by atoms with E-state index in [0.29, 0.717) is 15.6 Å². The van der Waals surface area contributed by atoms with Crippen LogP contribution in [0.15, 0.2) is 24.3 Å². The number of amides is 2. The molecular formula is C19H25IN2O6. The summed E-state index contributed by atoms with van der Waals surface area (Å²) in [6, 6.07) is 4.76. The van der Waals surface area contributed by atoms with Gasteiger partial charge in [0.1, 0.15) is 6.04 Å². The summed E-state index contributed by atoms with van der Waals surface area (Å²) in [7, 11) is 0. The number of ketones is 1. The Bertz CT molecular complexity index is 735. The van der Waals surface area contributed by atoms with Crippen LogP contribution in [-0.2, 0) is 14.3 Å². The van der Waals surface area contributed by atoms with E-state index >= 15 is 0 Å². The van der Waals surface area contributed by atoms with Crippen molar-refractivity contribution in [2.24, 2.45) is 5.92 Å². The SMILES string of the molecule is CC(C)C[C@H](NC(=O)[C@H](CO)NC(=O)c1ccccc1I)C(=O)[C@@]1(CO)CO1. The maximum absolute atomic E-state index is 12.7. The number of carbonyl (C=O) groups is 3. The first-order valence-corrected chi connectivity index (χ1v) is 10.1. The highest BCUT2D eigenvalue weighted by Gasteiger charge is 2.54. The molecule has 0 radical (unpaired) electrons. The maximum atomic E-state index is 12.7. The average Bonchev–Trinajstić information content (AvgIpc) is 3.46. The van der Waals surface area contributed by atoms with Gasteiger partial charge in [0.25, 0.3) is 5.91 Å². The number of nitrogens with one attached hydrogen (secondary N) is 2. The van der Waals surface area contributed by atoms with Gasteiger partial charge in [-0.3, -0.25) is 14.4 Å². The standard InChI is InChI=1S/C19H25IN2O6/c1-11(2)7-14(16(25)19(9-24)10-28-19)21-18(27)15(8-23)22-17(26)12-5-3-4-6-13(12)20/h3-6,11,14-15,23-24H,7-10H2,1-2H3,(H,21,27)(H,22,26)/t14-,15-,19+/m0/s1. The lowest BCUT2D eigenvalue weighted by atomic mass is 9.92. The Morgan fingerprint density at radius 1 is 1.18 bits per heavy atom. The van der Waals surface area contributed by atoms with Crippen LogP contribution in [0.25, 0.3) is 0 Å². The molecule has 0 aromatic heterocycles. The van der Waals surface area contributed by atoms with Crippen LogP contribution in [0, 0.1) is 9.49 Å². The summed E-state index contributed by atoms with van der Waals surface area (Å²) in [6.45, 7) is 2.83. The van der Waals surface area contributed by atoms with Crippen molar-refractivity contribution in [1.29, 1.82) is 0 Å². The third-order valence-electron chi connectivity index (χ3n) is 4.46. The zero-order valence-electron chi connectivity index (χ0n) is 15.8. The summed E-state index contributed by atoms with van der Waals surface area (Å²) in [6.07, 6.45) is 0.346. The van der Waals surface area contributed by atoms with Crippen LogP contribution < -0.4 is 10.6 Å². The number of carbonyl (C=O) groups excluding carboxylic acids is 3. The van der Waals surface area contributed by atoms with Gasteiger partial charge in [-0.25, -0.2) is 0 Å². The van der Waals surface area contributed by atoms with Crippen LogP contribution in [0.4, 0.5) is 0 Å². The summed E-state index contributed by atoms with van der Waals surface area (Å²) in [4.78, 5) is 37.7. The van der Waals surface area contributed by atoms with E-state index in [9.17, 15) is 24.6 Å². The van der Waals surface area contributed by atoms with Gasteiger partial charge in [-0.15, -0.1) is 0 Å². The van der Waals surface area contributed by atoms with E-state index in [1.165, 1.54) is 0 Å². The lowest BCUT2D eigenvalue weighted by Crippen LogP contribution is -2.55. The molecule has 0 unspecified atom stereocenters. The van der Waals surface area contributed by atoms with Crippen molar-refractivity contribution in [2.75, 3.05) is 19.8 Å². The van der Waals surface area contributed by atoms with Crippen LogP contribution in [-0.4, -0.2) is 65.3 Å². The Kier molecular flexibility index (Phi) is 7.93. The molecule has 1 aliphatic heterocycles. The normalized spacial score (nSPS) is 20.4. The van der Waals surface area contributed by atoms with Gasteiger partial charge in [-0.2, -0.15) is 0 Å². The van der Waals surface area contributed by atoms with E-state index in [2.05, 4.69) is 10.6 Å². The highest BCUT2D eigenvalue weighted by atomic mass is 127. The number of halogens is 1. The number of epoxide rings is 1. The molecule has 8 nitrogen and oxygen atoms in total. The van der Waals surface area contributed by atoms with Crippen LogP contribution in [0.5, 0.6) is 0 Å². The number of ether oxygens (including phenoxy) is 1. The summed E-state index contributed by atoms with van der Waals surface area (Å²) >= 11 is 2.01. The summed E-state index contributed by atoms with van der Waals surface area (Å²) in [5, 5.41) is 24.1. The predicted molar refractivity (Wildman–Crippen MR) is 110 cm³/mol. The minimum absolute atomic E-state index is 0.0943. The molecule has 0 aliphatic carbocycles. The molecule has 0 bridgehead atoms. The van der Waals surface area contributed by atoms with E-state index in [1.54, 1.807) is 24.3 Å². The Morgan fingerprint density at radius 3 is 2.32 bits per heavy atom. The third-order valence-corrected chi connectivity index (χ3v) is 5.40. The van der Waals surface area contributed by atoms with E-state index < -0.39 is 48.5 Å². The molecule has 154 valence electrons. The summed E-state index contributed by atoms with van der Waals surface area (Å²) < 4.78 is 5.81. The number of hydrogen-bond donors (Lipinski definition) is 4. The molecule has 1 fully saturated rings. The lowest BCUT2D eigenvalue weighted by molar-refractivity contribution is -0.133. The first-order valence-electron chi connectivity index (χ1n) is 9.00. The molecule has 1 aliphatic rings. The number of aliphatic hydroxyl groups excluding tert-OH is 2. The van der Waals surface area contributed by atoms with Gasteiger partial charge in [0.05, 0.1) is 31.4 Å². The summed E-state index contributed by atoms with van der Waals surface area (Å²) in [5.74, 6) is -1.48. The highest BCUT2D eigenvalue weighted by Crippen LogP contribution is 2.30. The molecule has 0 spiro atoms. The van der Waals surface area contributed by atoms with Gasteiger partial charge in [0, 0.05) is 3.57 Å². The maximum Gasteiger partial charge on any atom is 0.253 e. The van der Waals surface area contributed by atoms with E-state index in [0.717, 1.165) is 0 Å². The van der Waals surface area contributed by atoms with Crippen LogP contribution >= 0.6 is 22.6 Å². The molecule has 28 heavy (non-hydrogen) atoms. The Labute approximate surface area is 177 Å². The monoisotopic (exact) mass is 504 g/mol. The first-order chi connectivity index (χ1) is 13.2. The number of hydrogen-bond acceptors (Lipinski definition) is 6. The zero-order valence-corrected chi connectivity index (χ0v) is 17.9. The van der Waals surface area contributed by atoms with Gasteiger partial charge in [-0.05, 0) is 47.1 Å². The zero-order chi connectivity index (χ0) is 20.9. The molecule has 9 heteroatoms. The fraction of sp³-hybridized carbons (Fsp3) is 0.526. The average molecular weight is 504 g/mol. The number of aliphatic hydroxyl groups is 2. The van der Waals surface area contributed by atoms with Gasteiger partial charge in [-0.1, -0.05) is 26.0 Å². The highest BCUT2D eigenvalue weighted by molar-refractivity contribution is 14.1. The Morgan fingerprint density at radius 2 is 1.82 bits per heavy atom.